The molecule has 1 aromatic heterocycles. The first-order valence-electron chi connectivity index (χ1n) is 12.5. The summed E-state index contributed by atoms with van der Waals surface area (Å²) in [4.78, 5) is 17.7. The van der Waals surface area contributed by atoms with Gasteiger partial charge in [-0.05, 0) is 77.4 Å². The largest absolute Gasteiger partial charge is 0.505 e. The van der Waals surface area contributed by atoms with Gasteiger partial charge in [0, 0.05) is 29.1 Å². The van der Waals surface area contributed by atoms with Crippen LogP contribution in [0.1, 0.15) is 28.4 Å². The predicted molar refractivity (Wildman–Crippen MR) is 148 cm³/mol. The van der Waals surface area contributed by atoms with E-state index in [0.29, 0.717) is 22.5 Å². The summed E-state index contributed by atoms with van der Waals surface area (Å²) < 4.78 is 0. The molecule has 11 nitrogen and oxygen atoms in total. The number of azo groups is 1. The van der Waals surface area contributed by atoms with Crippen molar-refractivity contribution < 1.29 is 9.90 Å². The van der Waals surface area contributed by atoms with E-state index >= 15 is 0 Å². The average Bonchev–Trinajstić information content (AvgIpc) is 3.63. The van der Waals surface area contributed by atoms with Crippen molar-refractivity contribution >= 4 is 23.0 Å². The lowest BCUT2D eigenvalue weighted by Crippen LogP contribution is -2.30. The van der Waals surface area contributed by atoms with E-state index in [-0.39, 0.29) is 17.3 Å². The van der Waals surface area contributed by atoms with Crippen LogP contribution in [0, 0.1) is 13.8 Å². The maximum Gasteiger partial charge on any atom is 0.280 e. The summed E-state index contributed by atoms with van der Waals surface area (Å²) >= 11 is 0. The lowest BCUT2D eigenvalue weighted by Gasteiger charge is -2.14. The van der Waals surface area contributed by atoms with Crippen LogP contribution in [0.2, 0.25) is 0 Å². The Morgan fingerprint density at radius 3 is 2.40 bits per heavy atom. The van der Waals surface area contributed by atoms with Crippen molar-refractivity contribution in [2.75, 3.05) is 5.01 Å². The minimum absolute atomic E-state index is 0.0723. The first-order valence-corrected chi connectivity index (χ1v) is 12.5. The number of aromatic nitrogens is 1. The lowest BCUT2D eigenvalue weighted by molar-refractivity contribution is -0.117. The number of rotatable bonds is 6. The van der Waals surface area contributed by atoms with Gasteiger partial charge >= 0.3 is 0 Å². The number of phenolic OH excluding ortho intramolecular Hbond substituents is 1. The molecular formula is C29H23N9O2. The zero-order chi connectivity index (χ0) is 27.6. The van der Waals surface area contributed by atoms with E-state index in [9.17, 15) is 9.90 Å². The number of benzene rings is 3. The van der Waals surface area contributed by atoms with Crippen molar-refractivity contribution in [2.45, 2.75) is 26.1 Å². The molecule has 1 unspecified atom stereocenters. The van der Waals surface area contributed by atoms with Gasteiger partial charge in [0.15, 0.2) is 11.8 Å². The number of nitrogens with zero attached hydrogens (tertiary/aromatic N) is 9. The van der Waals surface area contributed by atoms with Crippen LogP contribution in [0.4, 0.5) is 11.4 Å². The van der Waals surface area contributed by atoms with Crippen LogP contribution in [0.5, 0.6) is 5.75 Å². The predicted octanol–water partition coefficient (Wildman–Crippen LogP) is 6.81. The normalized spacial score (nSPS) is 16.9. The Bertz CT molecular complexity index is 1720. The molecule has 40 heavy (non-hydrogen) atoms. The molecule has 0 aliphatic carbocycles. The number of para-hydroxylation sites is 1. The van der Waals surface area contributed by atoms with Crippen LogP contribution in [-0.2, 0) is 4.79 Å². The molecule has 11 heteroatoms. The van der Waals surface area contributed by atoms with E-state index in [1.807, 2.05) is 56.3 Å². The number of aryl methyl sites for hydroxylation is 2. The Hall–Kier alpha value is -5.45. The third-order valence-corrected chi connectivity index (χ3v) is 6.77. The zero-order valence-corrected chi connectivity index (χ0v) is 21.6. The number of aromatic hydroxyl groups is 1. The Morgan fingerprint density at radius 2 is 1.62 bits per heavy atom. The Balaban J connectivity index is 1.34. The third-order valence-electron chi connectivity index (χ3n) is 6.77. The molecule has 0 radical (unpaired) electrons. The SMILES string of the molecule is Cc1ccc(N2N=C(c3ccncc3)C(N=Nc3cccc(-c4cccc(C5N=NN=N5)c4)c3O)C2=O)cc1C. The number of carbonyl (C=O) groups excluding carboxylic acids is 1. The topological polar surface area (TPSA) is 140 Å². The molecule has 4 aromatic rings. The van der Waals surface area contributed by atoms with E-state index < -0.39 is 12.2 Å². The summed E-state index contributed by atoms with van der Waals surface area (Å²) in [5.74, 6) is -0.418. The van der Waals surface area contributed by atoms with E-state index in [4.69, 9.17) is 0 Å². The molecule has 0 saturated carbocycles. The monoisotopic (exact) mass is 529 g/mol. The van der Waals surface area contributed by atoms with Gasteiger partial charge in [-0.15, -0.1) is 10.2 Å². The first-order chi connectivity index (χ1) is 19.5. The summed E-state index contributed by atoms with van der Waals surface area (Å²) in [6.07, 6.45) is 2.75. The quantitative estimate of drug-likeness (QED) is 0.274. The fourth-order valence-corrected chi connectivity index (χ4v) is 4.46. The van der Waals surface area contributed by atoms with Gasteiger partial charge in [0.25, 0.3) is 5.91 Å². The number of hydrogen-bond acceptors (Lipinski definition) is 10. The maximum atomic E-state index is 13.6. The van der Waals surface area contributed by atoms with Crippen LogP contribution in [0.25, 0.3) is 11.1 Å². The van der Waals surface area contributed by atoms with Crippen molar-refractivity contribution in [3.8, 4) is 16.9 Å². The highest BCUT2D eigenvalue weighted by Crippen LogP contribution is 2.39. The van der Waals surface area contributed by atoms with Crippen LogP contribution in [0.15, 0.2) is 121 Å². The second-order valence-electron chi connectivity index (χ2n) is 9.34. The number of phenols is 1. The Labute approximate surface area is 229 Å². The summed E-state index contributed by atoms with van der Waals surface area (Å²) in [7, 11) is 0. The van der Waals surface area contributed by atoms with Crippen molar-refractivity contribution in [1.82, 2.24) is 4.98 Å². The van der Waals surface area contributed by atoms with Gasteiger partial charge in [-0.1, -0.05) is 36.4 Å². The second-order valence-corrected chi connectivity index (χ2v) is 9.34. The standard InChI is InChI=1S/C29H23N9O2/c1-17-9-10-22(15-18(17)2)38-29(40)26(25(35-38)19-11-13-30-14-12-19)32-31-24-8-4-7-23(27(24)39)20-5-3-6-21(16-20)28-33-36-37-34-28/h3-16,26,28,39H,1-2H3. The molecule has 1 atom stereocenters. The van der Waals surface area contributed by atoms with E-state index in [0.717, 1.165) is 22.3 Å². The molecule has 3 heterocycles. The van der Waals surface area contributed by atoms with Gasteiger partial charge < -0.3 is 5.11 Å². The zero-order valence-electron chi connectivity index (χ0n) is 21.6. The minimum atomic E-state index is -1.01. The van der Waals surface area contributed by atoms with Crippen LogP contribution in [-0.4, -0.2) is 27.8 Å². The first kappa shape index (κ1) is 24.9. The van der Waals surface area contributed by atoms with Crippen molar-refractivity contribution in [3.05, 3.63) is 107 Å². The third kappa shape index (κ3) is 4.64. The molecule has 0 bridgehead atoms. The van der Waals surface area contributed by atoms with Gasteiger partial charge in [0.2, 0.25) is 6.17 Å². The molecule has 3 aromatic carbocycles. The molecule has 196 valence electrons. The number of hydrogen-bond donors (Lipinski definition) is 1. The summed E-state index contributed by atoms with van der Waals surface area (Å²) in [5, 5.41) is 40.9. The van der Waals surface area contributed by atoms with Crippen LogP contribution < -0.4 is 5.01 Å². The highest BCUT2D eigenvalue weighted by Gasteiger charge is 2.38. The Kier molecular flexibility index (Phi) is 6.44. The molecule has 1 amide bonds. The van der Waals surface area contributed by atoms with Gasteiger partial charge in [-0.3, -0.25) is 9.78 Å². The molecule has 1 N–H and O–H groups in total. The summed E-state index contributed by atoms with van der Waals surface area (Å²) in [5.41, 5.74) is 6.23. The van der Waals surface area contributed by atoms with E-state index in [1.54, 1.807) is 42.7 Å². The molecule has 6 rings (SSSR count). The van der Waals surface area contributed by atoms with Gasteiger partial charge in [0.05, 0.1) is 5.69 Å². The van der Waals surface area contributed by atoms with E-state index in [2.05, 4.69) is 41.0 Å². The average molecular weight is 530 g/mol. The lowest BCUT2D eigenvalue weighted by atomic mass is 10.0. The van der Waals surface area contributed by atoms with Crippen molar-refractivity contribution in [3.63, 3.8) is 0 Å². The summed E-state index contributed by atoms with van der Waals surface area (Å²) in [6, 6.07) is 20.9. The van der Waals surface area contributed by atoms with Crippen LogP contribution >= 0.6 is 0 Å². The van der Waals surface area contributed by atoms with Gasteiger partial charge in [-0.25, -0.2) is 0 Å². The fourth-order valence-electron chi connectivity index (χ4n) is 4.46. The molecule has 0 spiro atoms. The molecule has 0 fully saturated rings. The van der Waals surface area contributed by atoms with Gasteiger partial charge in [-0.2, -0.15) is 20.3 Å². The van der Waals surface area contributed by atoms with E-state index in [1.165, 1.54) is 5.01 Å². The van der Waals surface area contributed by atoms with Crippen molar-refractivity contribution in [2.24, 2.45) is 36.0 Å². The number of amides is 1. The molecule has 0 saturated heterocycles. The number of pyridine rings is 1. The maximum absolute atomic E-state index is 13.6. The molecular weight excluding hydrogens is 506 g/mol. The molecule has 2 aliphatic rings. The number of carbonyl (C=O) groups is 1. The second kappa shape index (κ2) is 10.4. The molecule has 2 aliphatic heterocycles. The highest BCUT2D eigenvalue weighted by molar-refractivity contribution is 6.24. The smallest absolute Gasteiger partial charge is 0.280 e. The highest BCUT2D eigenvalue weighted by atomic mass is 16.3. The van der Waals surface area contributed by atoms with Crippen molar-refractivity contribution in [1.29, 1.82) is 0 Å². The number of anilines is 1. The number of hydrazone groups is 1. The fraction of sp³-hybridized carbons (Fsp3) is 0.138. The van der Waals surface area contributed by atoms with Gasteiger partial charge in [0.1, 0.15) is 11.4 Å². The minimum Gasteiger partial charge on any atom is -0.505 e. The van der Waals surface area contributed by atoms with Crippen LogP contribution in [0.3, 0.4) is 0 Å². The Morgan fingerprint density at radius 1 is 0.850 bits per heavy atom. The summed E-state index contributed by atoms with van der Waals surface area (Å²) in [6.45, 7) is 3.99.